The van der Waals surface area contributed by atoms with Crippen LogP contribution >= 0.6 is 0 Å². The lowest BCUT2D eigenvalue weighted by atomic mass is 9.79. The first kappa shape index (κ1) is 15.5. The number of fused-ring (bicyclic) bond motifs is 4. The SMILES string of the molecule is CCc1ccc2c(c1C=NC)C1C=C(C)CCC(NC2)C1C. The van der Waals surface area contributed by atoms with Gasteiger partial charge in [0.05, 0.1) is 0 Å². The second kappa shape index (κ2) is 6.37. The molecule has 0 aromatic heterocycles. The summed E-state index contributed by atoms with van der Waals surface area (Å²) in [6.45, 7) is 7.94. The monoisotopic (exact) mass is 296 g/mol. The maximum Gasteiger partial charge on any atom is 0.0287 e. The van der Waals surface area contributed by atoms with Crippen molar-refractivity contribution in [2.24, 2.45) is 10.9 Å². The van der Waals surface area contributed by atoms with Crippen molar-refractivity contribution in [3.63, 3.8) is 0 Å². The molecule has 2 nitrogen and oxygen atoms in total. The van der Waals surface area contributed by atoms with Gasteiger partial charge < -0.3 is 5.32 Å². The Morgan fingerprint density at radius 2 is 2.18 bits per heavy atom. The molecule has 2 heteroatoms. The fraction of sp³-hybridized carbons (Fsp3) is 0.550. The molecule has 0 fully saturated rings. The van der Waals surface area contributed by atoms with Gasteiger partial charge in [0.1, 0.15) is 0 Å². The second-order valence-electron chi connectivity index (χ2n) is 6.88. The molecular weight excluding hydrogens is 268 g/mol. The Morgan fingerprint density at radius 3 is 2.91 bits per heavy atom. The summed E-state index contributed by atoms with van der Waals surface area (Å²) < 4.78 is 0. The Bertz CT molecular complexity index is 612. The molecule has 118 valence electrons. The van der Waals surface area contributed by atoms with Gasteiger partial charge >= 0.3 is 0 Å². The minimum Gasteiger partial charge on any atom is -0.310 e. The number of nitrogens with one attached hydrogen (secondary N) is 1. The second-order valence-corrected chi connectivity index (χ2v) is 6.88. The molecular formula is C20H28N2. The molecule has 3 unspecified atom stereocenters. The molecule has 0 amide bonds. The minimum absolute atomic E-state index is 0.511. The molecule has 0 saturated heterocycles. The first-order valence-electron chi connectivity index (χ1n) is 8.63. The number of aliphatic imine (C=N–C) groups is 1. The number of benzene rings is 1. The Morgan fingerprint density at radius 1 is 1.36 bits per heavy atom. The van der Waals surface area contributed by atoms with E-state index in [1.165, 1.54) is 40.7 Å². The van der Waals surface area contributed by atoms with E-state index in [0.717, 1.165) is 13.0 Å². The number of rotatable bonds is 2. The average molecular weight is 296 g/mol. The summed E-state index contributed by atoms with van der Waals surface area (Å²) in [7, 11) is 1.88. The molecule has 3 rings (SSSR count). The molecule has 2 bridgehead atoms. The summed E-state index contributed by atoms with van der Waals surface area (Å²) in [5.74, 6) is 1.15. The summed E-state index contributed by atoms with van der Waals surface area (Å²) in [4.78, 5) is 4.36. The van der Waals surface area contributed by atoms with Crippen molar-refractivity contribution < 1.29 is 0 Å². The van der Waals surface area contributed by atoms with Crippen molar-refractivity contribution in [1.82, 2.24) is 5.32 Å². The van der Waals surface area contributed by atoms with E-state index in [2.05, 4.69) is 55.5 Å². The normalized spacial score (nSPS) is 28.0. The third kappa shape index (κ3) is 2.65. The summed E-state index contributed by atoms with van der Waals surface area (Å²) >= 11 is 0. The number of aryl methyl sites for hydroxylation is 1. The molecule has 1 aliphatic carbocycles. The van der Waals surface area contributed by atoms with Crippen LogP contribution in [-0.2, 0) is 13.0 Å². The highest BCUT2D eigenvalue weighted by Gasteiger charge is 2.33. The maximum absolute atomic E-state index is 4.36. The van der Waals surface area contributed by atoms with Gasteiger partial charge in [-0.1, -0.05) is 37.6 Å². The van der Waals surface area contributed by atoms with Crippen LogP contribution in [0, 0.1) is 5.92 Å². The quantitative estimate of drug-likeness (QED) is 0.641. The third-order valence-electron chi connectivity index (χ3n) is 5.51. The van der Waals surface area contributed by atoms with Crippen molar-refractivity contribution >= 4 is 6.21 Å². The van der Waals surface area contributed by atoms with E-state index in [0.29, 0.717) is 17.9 Å². The molecule has 1 aliphatic heterocycles. The predicted molar refractivity (Wildman–Crippen MR) is 94.9 cm³/mol. The van der Waals surface area contributed by atoms with Gasteiger partial charge in [-0.2, -0.15) is 0 Å². The van der Waals surface area contributed by atoms with Gasteiger partial charge in [0.15, 0.2) is 0 Å². The number of allylic oxidation sites excluding steroid dienone is 2. The number of hydrogen-bond donors (Lipinski definition) is 1. The zero-order valence-electron chi connectivity index (χ0n) is 14.3. The Labute approximate surface area is 134 Å². The van der Waals surface area contributed by atoms with Gasteiger partial charge in [-0.25, -0.2) is 0 Å². The van der Waals surface area contributed by atoms with Gasteiger partial charge in [-0.05, 0) is 54.4 Å². The van der Waals surface area contributed by atoms with Crippen LogP contribution in [-0.4, -0.2) is 19.3 Å². The van der Waals surface area contributed by atoms with E-state index in [9.17, 15) is 0 Å². The van der Waals surface area contributed by atoms with E-state index in [1.54, 1.807) is 0 Å². The lowest BCUT2D eigenvalue weighted by Gasteiger charge is -2.27. The van der Waals surface area contributed by atoms with Gasteiger partial charge in [0.2, 0.25) is 0 Å². The zero-order chi connectivity index (χ0) is 15.7. The molecule has 0 spiro atoms. The smallest absolute Gasteiger partial charge is 0.0287 e. The zero-order valence-corrected chi connectivity index (χ0v) is 14.3. The van der Waals surface area contributed by atoms with Crippen molar-refractivity contribution in [1.29, 1.82) is 0 Å². The molecule has 2 aliphatic rings. The fourth-order valence-corrected chi connectivity index (χ4v) is 4.18. The first-order chi connectivity index (χ1) is 10.7. The molecule has 0 radical (unpaired) electrons. The topological polar surface area (TPSA) is 24.4 Å². The van der Waals surface area contributed by atoms with E-state index in [4.69, 9.17) is 0 Å². The number of nitrogens with zero attached hydrogens (tertiary/aromatic N) is 1. The van der Waals surface area contributed by atoms with Crippen LogP contribution in [0.25, 0.3) is 0 Å². The largest absolute Gasteiger partial charge is 0.310 e. The average Bonchev–Trinajstić information content (AvgIpc) is 2.74. The van der Waals surface area contributed by atoms with Crippen molar-refractivity contribution in [2.45, 2.75) is 58.5 Å². The highest BCUT2D eigenvalue weighted by Crippen LogP contribution is 2.40. The van der Waals surface area contributed by atoms with Crippen LogP contribution < -0.4 is 5.32 Å². The minimum atomic E-state index is 0.511. The van der Waals surface area contributed by atoms with Crippen molar-refractivity contribution in [3.05, 3.63) is 46.0 Å². The predicted octanol–water partition coefficient (Wildman–Crippen LogP) is 4.23. The van der Waals surface area contributed by atoms with Gasteiger partial charge in [-0.15, -0.1) is 0 Å². The van der Waals surface area contributed by atoms with Crippen LogP contribution in [0.4, 0.5) is 0 Å². The molecule has 1 aromatic rings. The molecule has 1 aromatic carbocycles. The van der Waals surface area contributed by atoms with Gasteiger partial charge in [0.25, 0.3) is 0 Å². The Kier molecular flexibility index (Phi) is 4.49. The van der Waals surface area contributed by atoms with Gasteiger partial charge in [0, 0.05) is 31.8 Å². The first-order valence-corrected chi connectivity index (χ1v) is 8.63. The van der Waals surface area contributed by atoms with Crippen LogP contribution in [0.15, 0.2) is 28.8 Å². The summed E-state index contributed by atoms with van der Waals surface area (Å²) in [6.07, 6.45) is 8.15. The fourth-order valence-electron chi connectivity index (χ4n) is 4.18. The molecule has 1 N–H and O–H groups in total. The highest BCUT2D eigenvalue weighted by atomic mass is 14.9. The highest BCUT2D eigenvalue weighted by molar-refractivity contribution is 5.85. The third-order valence-corrected chi connectivity index (χ3v) is 5.51. The maximum atomic E-state index is 4.36. The van der Waals surface area contributed by atoms with Crippen molar-refractivity contribution in [2.75, 3.05) is 7.05 Å². The lowest BCUT2D eigenvalue weighted by Crippen LogP contribution is -2.33. The molecule has 0 saturated carbocycles. The lowest BCUT2D eigenvalue weighted by molar-refractivity contribution is 0.354. The van der Waals surface area contributed by atoms with E-state index in [-0.39, 0.29) is 0 Å². The standard InChI is InChI=1S/C20H28N2/c1-5-15-7-8-16-11-22-19-9-6-13(2)10-17(14(19)3)20(16)18(15)12-21-4/h7-8,10,12,14,17,19,22H,5-6,9,11H2,1-4H3. The Hall–Kier alpha value is -1.41. The molecule has 3 atom stereocenters. The summed E-state index contributed by atoms with van der Waals surface area (Å²) in [6, 6.07) is 5.24. The van der Waals surface area contributed by atoms with E-state index in [1.807, 2.05) is 7.05 Å². The van der Waals surface area contributed by atoms with Crippen LogP contribution in [0.2, 0.25) is 0 Å². The van der Waals surface area contributed by atoms with Crippen LogP contribution in [0.5, 0.6) is 0 Å². The van der Waals surface area contributed by atoms with Crippen LogP contribution in [0.1, 0.15) is 61.8 Å². The molecule has 1 heterocycles. The molecule has 22 heavy (non-hydrogen) atoms. The van der Waals surface area contributed by atoms with E-state index >= 15 is 0 Å². The van der Waals surface area contributed by atoms with E-state index < -0.39 is 0 Å². The summed E-state index contributed by atoms with van der Waals surface area (Å²) in [5, 5.41) is 3.81. The summed E-state index contributed by atoms with van der Waals surface area (Å²) in [5.41, 5.74) is 7.31. The van der Waals surface area contributed by atoms with Crippen molar-refractivity contribution in [3.8, 4) is 0 Å². The van der Waals surface area contributed by atoms with Gasteiger partial charge in [-0.3, -0.25) is 4.99 Å². The number of hydrogen-bond acceptors (Lipinski definition) is 2. The Balaban J connectivity index is 2.23. The van der Waals surface area contributed by atoms with Crippen LogP contribution in [0.3, 0.4) is 0 Å².